The molecule has 15 heavy (non-hydrogen) atoms. The first-order valence-electron chi connectivity index (χ1n) is 4.72. The molecule has 2 aromatic heterocycles. The van der Waals surface area contributed by atoms with Crippen LogP contribution in [-0.2, 0) is 6.54 Å². The Hall–Kier alpha value is -1.98. The van der Waals surface area contributed by atoms with Gasteiger partial charge in [0, 0.05) is 18.9 Å². The van der Waals surface area contributed by atoms with E-state index in [-0.39, 0.29) is 0 Å². The van der Waals surface area contributed by atoms with Crippen molar-refractivity contribution in [2.75, 3.05) is 11.9 Å². The molecule has 6 nitrogen and oxygen atoms in total. The van der Waals surface area contributed by atoms with Crippen molar-refractivity contribution in [2.45, 2.75) is 13.5 Å². The number of anilines is 1. The molecule has 0 aliphatic heterocycles. The molecule has 0 saturated carbocycles. The lowest BCUT2D eigenvalue weighted by Crippen LogP contribution is -2.12. The molecule has 0 radical (unpaired) electrons. The van der Waals surface area contributed by atoms with E-state index >= 15 is 0 Å². The third-order valence-corrected chi connectivity index (χ3v) is 1.89. The van der Waals surface area contributed by atoms with Crippen LogP contribution in [0.15, 0.2) is 24.7 Å². The molecular formula is C9H12N6. The zero-order chi connectivity index (χ0) is 10.5. The minimum absolute atomic E-state index is 0.764. The van der Waals surface area contributed by atoms with E-state index in [2.05, 4.69) is 25.6 Å². The van der Waals surface area contributed by atoms with Gasteiger partial charge in [-0.05, 0) is 13.0 Å². The van der Waals surface area contributed by atoms with Gasteiger partial charge in [-0.2, -0.15) is 0 Å². The first-order chi connectivity index (χ1) is 7.34. The lowest BCUT2D eigenvalue weighted by molar-refractivity contribution is 0.608. The summed E-state index contributed by atoms with van der Waals surface area (Å²) in [5.74, 6) is 1.60. The molecule has 0 atom stereocenters. The van der Waals surface area contributed by atoms with Crippen LogP contribution in [0, 0.1) is 6.92 Å². The molecule has 2 rings (SSSR count). The molecule has 6 heteroatoms. The molecule has 0 aliphatic carbocycles. The van der Waals surface area contributed by atoms with E-state index in [1.807, 2.05) is 19.2 Å². The minimum atomic E-state index is 0.764. The molecule has 0 unspecified atom stereocenters. The van der Waals surface area contributed by atoms with Gasteiger partial charge in [0.1, 0.15) is 11.6 Å². The third kappa shape index (κ3) is 2.73. The number of aromatic nitrogens is 5. The third-order valence-electron chi connectivity index (χ3n) is 1.89. The second-order valence-corrected chi connectivity index (χ2v) is 3.08. The Morgan fingerprint density at radius 1 is 1.40 bits per heavy atom. The summed E-state index contributed by atoms with van der Waals surface area (Å²) in [6.07, 6.45) is 5.22. The second-order valence-electron chi connectivity index (χ2n) is 3.08. The van der Waals surface area contributed by atoms with Crippen molar-refractivity contribution in [2.24, 2.45) is 0 Å². The van der Waals surface area contributed by atoms with Gasteiger partial charge in [-0.3, -0.25) is 4.68 Å². The van der Waals surface area contributed by atoms with Gasteiger partial charge >= 0.3 is 0 Å². The summed E-state index contributed by atoms with van der Waals surface area (Å²) < 4.78 is 1.76. The highest BCUT2D eigenvalue weighted by Gasteiger charge is 1.95. The fourth-order valence-corrected chi connectivity index (χ4v) is 1.21. The van der Waals surface area contributed by atoms with Crippen LogP contribution in [0.3, 0.4) is 0 Å². The molecule has 0 aromatic carbocycles. The normalized spacial score (nSPS) is 10.2. The van der Waals surface area contributed by atoms with E-state index in [0.717, 1.165) is 24.7 Å². The summed E-state index contributed by atoms with van der Waals surface area (Å²) >= 11 is 0. The van der Waals surface area contributed by atoms with E-state index in [4.69, 9.17) is 0 Å². The smallest absolute Gasteiger partial charge is 0.129 e. The van der Waals surface area contributed by atoms with Gasteiger partial charge < -0.3 is 5.32 Å². The highest BCUT2D eigenvalue weighted by molar-refractivity contribution is 5.32. The maximum Gasteiger partial charge on any atom is 0.129 e. The van der Waals surface area contributed by atoms with Crippen LogP contribution in [0.2, 0.25) is 0 Å². The monoisotopic (exact) mass is 204 g/mol. The van der Waals surface area contributed by atoms with Crippen LogP contribution in [0.25, 0.3) is 0 Å². The average Bonchev–Trinajstić information content (AvgIpc) is 2.71. The fourth-order valence-electron chi connectivity index (χ4n) is 1.21. The molecule has 0 aliphatic rings. The highest BCUT2D eigenvalue weighted by atomic mass is 15.4. The van der Waals surface area contributed by atoms with Crippen molar-refractivity contribution in [3.8, 4) is 0 Å². The quantitative estimate of drug-likeness (QED) is 0.784. The van der Waals surface area contributed by atoms with Crippen molar-refractivity contribution in [3.05, 3.63) is 30.5 Å². The van der Waals surface area contributed by atoms with Crippen LogP contribution in [0.4, 0.5) is 5.82 Å². The summed E-state index contributed by atoms with van der Waals surface area (Å²) in [6.45, 7) is 3.39. The summed E-state index contributed by atoms with van der Waals surface area (Å²) in [6, 6.07) is 1.84. The van der Waals surface area contributed by atoms with E-state index < -0.39 is 0 Å². The lowest BCUT2D eigenvalue weighted by Gasteiger charge is -2.04. The standard InChI is InChI=1S/C9H12N6/c1-8-10-3-2-9(13-8)11-4-6-15-7-5-12-14-15/h2-3,5,7H,4,6H2,1H3,(H,10,11,13). The number of rotatable bonds is 4. The molecule has 1 N–H and O–H groups in total. The molecule has 78 valence electrons. The minimum Gasteiger partial charge on any atom is -0.368 e. The van der Waals surface area contributed by atoms with Crippen molar-refractivity contribution in [1.29, 1.82) is 0 Å². The number of nitrogens with zero attached hydrogens (tertiary/aromatic N) is 5. The SMILES string of the molecule is Cc1nccc(NCCn2ccnn2)n1. The van der Waals surface area contributed by atoms with E-state index in [0.29, 0.717) is 0 Å². The molecule has 2 aromatic rings. The van der Waals surface area contributed by atoms with Crippen molar-refractivity contribution >= 4 is 5.82 Å². The van der Waals surface area contributed by atoms with Gasteiger partial charge in [-0.15, -0.1) is 5.10 Å². The Kier molecular flexibility index (Phi) is 2.87. The van der Waals surface area contributed by atoms with Crippen molar-refractivity contribution < 1.29 is 0 Å². The van der Waals surface area contributed by atoms with Gasteiger partial charge in [0.05, 0.1) is 12.7 Å². The highest BCUT2D eigenvalue weighted by Crippen LogP contribution is 2.00. The molecule has 0 spiro atoms. The summed E-state index contributed by atoms with van der Waals surface area (Å²) in [5.41, 5.74) is 0. The fraction of sp³-hybridized carbons (Fsp3) is 0.333. The Morgan fingerprint density at radius 2 is 2.33 bits per heavy atom. The van der Waals surface area contributed by atoms with Gasteiger partial charge in [-0.1, -0.05) is 5.21 Å². The Labute approximate surface area is 87.4 Å². The average molecular weight is 204 g/mol. The van der Waals surface area contributed by atoms with Gasteiger partial charge in [0.25, 0.3) is 0 Å². The zero-order valence-electron chi connectivity index (χ0n) is 8.46. The molecule has 2 heterocycles. The summed E-state index contributed by atoms with van der Waals surface area (Å²) in [4.78, 5) is 8.24. The largest absolute Gasteiger partial charge is 0.368 e. The topological polar surface area (TPSA) is 68.5 Å². The maximum absolute atomic E-state index is 4.22. The Balaban J connectivity index is 1.83. The summed E-state index contributed by atoms with van der Waals surface area (Å²) in [7, 11) is 0. The second kappa shape index (κ2) is 4.50. The summed E-state index contributed by atoms with van der Waals surface area (Å²) in [5, 5.41) is 10.8. The number of aryl methyl sites for hydroxylation is 1. The van der Waals surface area contributed by atoms with E-state index in [9.17, 15) is 0 Å². The van der Waals surface area contributed by atoms with Crippen molar-refractivity contribution in [3.63, 3.8) is 0 Å². The molecule has 0 saturated heterocycles. The predicted octanol–water partition coefficient (Wildman–Crippen LogP) is 0.489. The van der Waals surface area contributed by atoms with Gasteiger partial charge in [0.15, 0.2) is 0 Å². The molecule has 0 fully saturated rings. The van der Waals surface area contributed by atoms with Crippen LogP contribution >= 0.6 is 0 Å². The van der Waals surface area contributed by atoms with Crippen LogP contribution in [0.5, 0.6) is 0 Å². The molecule has 0 bridgehead atoms. The molecular weight excluding hydrogens is 192 g/mol. The predicted molar refractivity (Wildman–Crippen MR) is 55.3 cm³/mol. The van der Waals surface area contributed by atoms with Gasteiger partial charge in [-0.25, -0.2) is 9.97 Å². The van der Waals surface area contributed by atoms with Crippen LogP contribution < -0.4 is 5.32 Å². The van der Waals surface area contributed by atoms with E-state index in [1.165, 1.54) is 0 Å². The number of nitrogens with one attached hydrogen (secondary N) is 1. The number of hydrogen-bond donors (Lipinski definition) is 1. The first-order valence-corrected chi connectivity index (χ1v) is 4.72. The molecule has 0 amide bonds. The first kappa shape index (κ1) is 9.57. The lowest BCUT2D eigenvalue weighted by atomic mass is 10.5. The van der Waals surface area contributed by atoms with Gasteiger partial charge in [0.2, 0.25) is 0 Å². The Morgan fingerprint density at radius 3 is 3.07 bits per heavy atom. The zero-order valence-corrected chi connectivity index (χ0v) is 8.46. The van der Waals surface area contributed by atoms with Crippen LogP contribution in [-0.4, -0.2) is 31.5 Å². The van der Waals surface area contributed by atoms with E-state index in [1.54, 1.807) is 17.1 Å². The number of hydrogen-bond acceptors (Lipinski definition) is 5. The Bertz CT molecular complexity index is 410. The maximum atomic E-state index is 4.22. The van der Waals surface area contributed by atoms with Crippen LogP contribution in [0.1, 0.15) is 5.82 Å². The van der Waals surface area contributed by atoms with Crippen molar-refractivity contribution in [1.82, 2.24) is 25.0 Å².